The smallest absolute Gasteiger partial charge is 0.0544 e. The lowest BCUT2D eigenvalue weighted by Gasteiger charge is -2.18. The fraction of sp³-hybridized carbons (Fsp3) is 0.643. The Balaban J connectivity index is 1.84. The van der Waals surface area contributed by atoms with Gasteiger partial charge in [-0.25, -0.2) is 0 Å². The Hall–Kier alpha value is -0.580. The van der Waals surface area contributed by atoms with Gasteiger partial charge in [-0.1, -0.05) is 13.0 Å². The molecule has 0 saturated carbocycles. The highest BCUT2D eigenvalue weighted by atomic mass is 32.2. The molecule has 0 aromatic carbocycles. The van der Waals surface area contributed by atoms with Crippen LogP contribution in [0.1, 0.15) is 24.6 Å². The Morgan fingerprint density at radius 2 is 2.28 bits per heavy atom. The van der Waals surface area contributed by atoms with E-state index in [0.29, 0.717) is 0 Å². The fourth-order valence-corrected chi connectivity index (χ4v) is 3.03. The molecule has 4 heteroatoms. The van der Waals surface area contributed by atoms with E-state index in [2.05, 4.69) is 46.0 Å². The molecule has 1 aromatic heterocycles. The Bertz CT molecular complexity index is 331. The molecule has 2 heterocycles. The first-order chi connectivity index (χ1) is 8.88. The van der Waals surface area contributed by atoms with Gasteiger partial charge in [0.25, 0.3) is 0 Å². The summed E-state index contributed by atoms with van der Waals surface area (Å²) in [7, 11) is 0. The third-order valence-corrected chi connectivity index (χ3v) is 4.21. The average molecular weight is 265 g/mol. The molecule has 1 fully saturated rings. The molecule has 1 aliphatic rings. The van der Waals surface area contributed by atoms with Crippen LogP contribution >= 0.6 is 11.8 Å². The van der Waals surface area contributed by atoms with Gasteiger partial charge < -0.3 is 5.32 Å². The second kappa shape index (κ2) is 7.77. The topological polar surface area (TPSA) is 28.2 Å². The van der Waals surface area contributed by atoms with E-state index < -0.39 is 0 Å². The predicted octanol–water partition coefficient (Wildman–Crippen LogP) is 2.13. The van der Waals surface area contributed by atoms with Gasteiger partial charge in [-0.2, -0.15) is 11.8 Å². The molecule has 3 nitrogen and oxygen atoms in total. The summed E-state index contributed by atoms with van der Waals surface area (Å²) in [5.41, 5.74) is 2.47. The van der Waals surface area contributed by atoms with E-state index in [0.717, 1.165) is 19.6 Å². The maximum atomic E-state index is 4.57. The van der Waals surface area contributed by atoms with Gasteiger partial charge in [0.15, 0.2) is 0 Å². The van der Waals surface area contributed by atoms with Crippen LogP contribution in [0.15, 0.2) is 18.3 Å². The van der Waals surface area contributed by atoms with Gasteiger partial charge >= 0.3 is 0 Å². The summed E-state index contributed by atoms with van der Waals surface area (Å²) in [6.07, 6.45) is 3.31. The zero-order chi connectivity index (χ0) is 12.6. The summed E-state index contributed by atoms with van der Waals surface area (Å²) >= 11 is 2.07. The Morgan fingerprint density at radius 3 is 3.06 bits per heavy atom. The molecule has 1 saturated heterocycles. The lowest BCUT2D eigenvalue weighted by atomic mass is 10.2. The Labute approximate surface area is 114 Å². The minimum Gasteiger partial charge on any atom is -0.313 e. The quantitative estimate of drug-likeness (QED) is 0.883. The van der Waals surface area contributed by atoms with Gasteiger partial charge in [-0.05, 0) is 36.9 Å². The van der Waals surface area contributed by atoms with E-state index in [9.17, 15) is 0 Å². The van der Waals surface area contributed by atoms with E-state index in [1.54, 1.807) is 0 Å². The number of pyridine rings is 1. The molecule has 0 aliphatic carbocycles. The largest absolute Gasteiger partial charge is 0.313 e. The molecule has 0 spiro atoms. The predicted molar refractivity (Wildman–Crippen MR) is 78.8 cm³/mol. The van der Waals surface area contributed by atoms with Gasteiger partial charge in [0, 0.05) is 31.6 Å². The zero-order valence-electron chi connectivity index (χ0n) is 11.2. The number of hydrogen-bond donors (Lipinski definition) is 1. The molecule has 0 unspecified atom stereocenters. The van der Waals surface area contributed by atoms with Gasteiger partial charge in [0.1, 0.15) is 0 Å². The molecule has 0 radical (unpaired) electrons. The second-order valence-electron chi connectivity index (χ2n) is 4.68. The molecule has 1 aromatic rings. The summed E-state index contributed by atoms with van der Waals surface area (Å²) in [4.78, 5) is 7.09. The van der Waals surface area contributed by atoms with Gasteiger partial charge in [0.2, 0.25) is 0 Å². The zero-order valence-corrected chi connectivity index (χ0v) is 12.0. The van der Waals surface area contributed by atoms with Crippen LogP contribution in [0.25, 0.3) is 0 Å². The van der Waals surface area contributed by atoms with Crippen LogP contribution in [0, 0.1) is 0 Å². The summed E-state index contributed by atoms with van der Waals surface area (Å²) in [5, 5.41) is 3.32. The highest BCUT2D eigenvalue weighted by Gasteiger charge is 2.09. The molecule has 100 valence electrons. The standard InChI is InChI=1S/C14H23N3S/c1-2-15-10-13-4-5-14(16-11-13)12-17-6-3-8-18-9-7-17/h4-5,11,15H,2-3,6-10,12H2,1H3. The van der Waals surface area contributed by atoms with Crippen molar-refractivity contribution >= 4 is 11.8 Å². The highest BCUT2D eigenvalue weighted by molar-refractivity contribution is 7.99. The molecule has 1 N–H and O–H groups in total. The first-order valence-electron chi connectivity index (χ1n) is 6.83. The van der Waals surface area contributed by atoms with Gasteiger partial charge in [0.05, 0.1) is 5.69 Å². The monoisotopic (exact) mass is 265 g/mol. The van der Waals surface area contributed by atoms with Crippen LogP contribution in [0.2, 0.25) is 0 Å². The molecule has 0 atom stereocenters. The first-order valence-corrected chi connectivity index (χ1v) is 7.98. The second-order valence-corrected chi connectivity index (χ2v) is 5.90. The number of thioether (sulfide) groups is 1. The Kier molecular flexibility index (Phi) is 5.97. The summed E-state index contributed by atoms with van der Waals surface area (Å²) in [5.74, 6) is 2.57. The Morgan fingerprint density at radius 1 is 1.33 bits per heavy atom. The molecule has 1 aliphatic heterocycles. The lowest BCUT2D eigenvalue weighted by Crippen LogP contribution is -2.25. The van der Waals surface area contributed by atoms with E-state index in [-0.39, 0.29) is 0 Å². The number of rotatable bonds is 5. The minimum atomic E-state index is 0.921. The van der Waals surface area contributed by atoms with Crippen molar-refractivity contribution in [2.75, 3.05) is 31.1 Å². The van der Waals surface area contributed by atoms with Crippen molar-refractivity contribution in [3.63, 3.8) is 0 Å². The molecule has 0 amide bonds. The molecular formula is C14H23N3S. The normalized spacial score (nSPS) is 17.6. The van der Waals surface area contributed by atoms with Crippen molar-refractivity contribution in [1.29, 1.82) is 0 Å². The van der Waals surface area contributed by atoms with E-state index >= 15 is 0 Å². The molecule has 18 heavy (non-hydrogen) atoms. The van der Waals surface area contributed by atoms with E-state index in [1.165, 1.54) is 42.3 Å². The van der Waals surface area contributed by atoms with Crippen molar-refractivity contribution in [1.82, 2.24) is 15.2 Å². The van der Waals surface area contributed by atoms with Crippen molar-refractivity contribution in [3.8, 4) is 0 Å². The van der Waals surface area contributed by atoms with Crippen LogP contribution < -0.4 is 5.32 Å². The lowest BCUT2D eigenvalue weighted by molar-refractivity contribution is 0.284. The van der Waals surface area contributed by atoms with Crippen LogP contribution in [0.3, 0.4) is 0 Å². The minimum absolute atomic E-state index is 0.921. The number of aromatic nitrogens is 1. The first kappa shape index (κ1) is 13.8. The van der Waals surface area contributed by atoms with Crippen molar-refractivity contribution in [3.05, 3.63) is 29.6 Å². The maximum Gasteiger partial charge on any atom is 0.0544 e. The van der Waals surface area contributed by atoms with Crippen LogP contribution in [-0.4, -0.2) is 41.0 Å². The van der Waals surface area contributed by atoms with Gasteiger partial charge in [-0.3, -0.25) is 9.88 Å². The number of nitrogens with one attached hydrogen (secondary N) is 1. The van der Waals surface area contributed by atoms with Crippen molar-refractivity contribution in [2.45, 2.75) is 26.4 Å². The summed E-state index contributed by atoms with van der Waals surface area (Å²) in [6, 6.07) is 4.36. The van der Waals surface area contributed by atoms with E-state index in [1.807, 2.05) is 6.20 Å². The summed E-state index contributed by atoms with van der Waals surface area (Å²) < 4.78 is 0. The summed E-state index contributed by atoms with van der Waals surface area (Å²) in [6.45, 7) is 7.47. The van der Waals surface area contributed by atoms with Crippen LogP contribution in [-0.2, 0) is 13.1 Å². The van der Waals surface area contributed by atoms with Crippen molar-refractivity contribution in [2.24, 2.45) is 0 Å². The highest BCUT2D eigenvalue weighted by Crippen LogP contribution is 2.12. The average Bonchev–Trinajstić information content (AvgIpc) is 2.67. The number of nitrogens with zero attached hydrogens (tertiary/aromatic N) is 2. The fourth-order valence-electron chi connectivity index (χ4n) is 2.11. The SMILES string of the molecule is CCNCc1ccc(CN2CCCSCC2)nc1. The molecule has 0 bridgehead atoms. The maximum absolute atomic E-state index is 4.57. The molecule has 2 rings (SSSR count). The van der Waals surface area contributed by atoms with Crippen molar-refractivity contribution < 1.29 is 0 Å². The van der Waals surface area contributed by atoms with Crippen LogP contribution in [0.4, 0.5) is 0 Å². The third kappa shape index (κ3) is 4.59. The van der Waals surface area contributed by atoms with Gasteiger partial charge in [-0.15, -0.1) is 0 Å². The molecular weight excluding hydrogens is 242 g/mol. The van der Waals surface area contributed by atoms with E-state index in [4.69, 9.17) is 0 Å². The van der Waals surface area contributed by atoms with Crippen LogP contribution in [0.5, 0.6) is 0 Å². The third-order valence-electron chi connectivity index (χ3n) is 3.17. The number of hydrogen-bond acceptors (Lipinski definition) is 4.